The lowest BCUT2D eigenvalue weighted by atomic mass is 10.2. The fourth-order valence-electron chi connectivity index (χ4n) is 2.34. The molecule has 1 fully saturated rings. The summed E-state index contributed by atoms with van der Waals surface area (Å²) in [6.07, 6.45) is 0. The first kappa shape index (κ1) is 16.0. The zero-order valence-corrected chi connectivity index (χ0v) is 12.9. The summed E-state index contributed by atoms with van der Waals surface area (Å²) in [4.78, 5) is 39.2. The summed E-state index contributed by atoms with van der Waals surface area (Å²) in [6.45, 7) is 5.25. The van der Waals surface area contributed by atoms with Crippen molar-refractivity contribution < 1.29 is 14.4 Å². The minimum atomic E-state index is -0.585. The van der Waals surface area contributed by atoms with Crippen LogP contribution < -0.4 is 5.32 Å². The number of hydrogen-bond donors (Lipinski definition) is 1. The van der Waals surface area contributed by atoms with Crippen LogP contribution in [-0.2, 0) is 9.59 Å². The molecule has 118 valence electrons. The van der Waals surface area contributed by atoms with Gasteiger partial charge in [0.1, 0.15) is 0 Å². The number of rotatable bonds is 2. The molecule has 1 aromatic rings. The SMILES string of the molecule is CC(C)NC(=O)C(=O)N1CCN(C(=O)c2ccccc2)CC1. The van der Waals surface area contributed by atoms with E-state index in [-0.39, 0.29) is 11.9 Å². The highest BCUT2D eigenvalue weighted by Crippen LogP contribution is 2.09. The van der Waals surface area contributed by atoms with Crippen LogP contribution in [0.2, 0.25) is 0 Å². The van der Waals surface area contributed by atoms with Gasteiger partial charge in [-0.3, -0.25) is 14.4 Å². The van der Waals surface area contributed by atoms with E-state index in [2.05, 4.69) is 5.32 Å². The first-order chi connectivity index (χ1) is 10.5. The van der Waals surface area contributed by atoms with Crippen LogP contribution in [0.5, 0.6) is 0 Å². The lowest BCUT2D eigenvalue weighted by Gasteiger charge is -2.34. The molecule has 0 bridgehead atoms. The van der Waals surface area contributed by atoms with Crippen molar-refractivity contribution in [2.24, 2.45) is 0 Å². The molecule has 6 nitrogen and oxygen atoms in total. The monoisotopic (exact) mass is 303 g/mol. The normalized spacial score (nSPS) is 14.9. The van der Waals surface area contributed by atoms with E-state index in [1.807, 2.05) is 32.0 Å². The minimum absolute atomic E-state index is 0.0423. The molecule has 1 aromatic carbocycles. The third-order valence-electron chi connectivity index (χ3n) is 3.49. The Morgan fingerprint density at radius 3 is 2.05 bits per heavy atom. The van der Waals surface area contributed by atoms with Crippen molar-refractivity contribution in [2.75, 3.05) is 26.2 Å². The van der Waals surface area contributed by atoms with Gasteiger partial charge in [0.05, 0.1) is 0 Å². The summed E-state index contributed by atoms with van der Waals surface area (Å²) >= 11 is 0. The molecule has 0 spiro atoms. The fraction of sp³-hybridized carbons (Fsp3) is 0.438. The van der Waals surface area contributed by atoms with Gasteiger partial charge in [-0.25, -0.2) is 0 Å². The Bertz CT molecular complexity index is 549. The average molecular weight is 303 g/mol. The van der Waals surface area contributed by atoms with E-state index in [0.29, 0.717) is 31.7 Å². The number of benzene rings is 1. The third-order valence-corrected chi connectivity index (χ3v) is 3.49. The van der Waals surface area contributed by atoms with Gasteiger partial charge in [0.15, 0.2) is 0 Å². The van der Waals surface area contributed by atoms with Crippen molar-refractivity contribution in [2.45, 2.75) is 19.9 Å². The predicted octanol–water partition coefficient (Wildman–Crippen LogP) is 0.496. The Labute approximate surface area is 130 Å². The molecule has 0 aromatic heterocycles. The van der Waals surface area contributed by atoms with Crippen molar-refractivity contribution in [3.63, 3.8) is 0 Å². The van der Waals surface area contributed by atoms with Crippen LogP contribution in [0.4, 0.5) is 0 Å². The fourth-order valence-corrected chi connectivity index (χ4v) is 2.34. The largest absolute Gasteiger partial charge is 0.346 e. The van der Waals surface area contributed by atoms with Gasteiger partial charge in [-0.1, -0.05) is 18.2 Å². The van der Waals surface area contributed by atoms with Crippen molar-refractivity contribution in [1.29, 1.82) is 0 Å². The van der Waals surface area contributed by atoms with Crippen molar-refractivity contribution >= 4 is 17.7 Å². The molecule has 0 saturated carbocycles. The summed E-state index contributed by atoms with van der Waals surface area (Å²) in [7, 11) is 0. The van der Waals surface area contributed by atoms with E-state index >= 15 is 0 Å². The Morgan fingerprint density at radius 1 is 0.955 bits per heavy atom. The molecule has 22 heavy (non-hydrogen) atoms. The molecule has 1 heterocycles. The van der Waals surface area contributed by atoms with Crippen molar-refractivity contribution in [3.8, 4) is 0 Å². The summed E-state index contributed by atoms with van der Waals surface area (Å²) in [5, 5.41) is 2.59. The number of amides is 3. The maximum absolute atomic E-state index is 12.3. The standard InChI is InChI=1S/C16H21N3O3/c1-12(2)17-14(20)16(22)19-10-8-18(9-11-19)15(21)13-6-4-3-5-7-13/h3-7,12H,8-11H2,1-2H3,(H,17,20). The molecule has 1 aliphatic rings. The number of carbonyl (C=O) groups is 3. The van der Waals surface area contributed by atoms with E-state index in [9.17, 15) is 14.4 Å². The summed E-state index contributed by atoms with van der Waals surface area (Å²) in [6, 6.07) is 8.98. The second-order valence-electron chi connectivity index (χ2n) is 5.58. The van der Waals surface area contributed by atoms with E-state index < -0.39 is 11.8 Å². The molecule has 1 saturated heterocycles. The summed E-state index contributed by atoms with van der Waals surface area (Å²) < 4.78 is 0. The zero-order valence-electron chi connectivity index (χ0n) is 12.9. The summed E-state index contributed by atoms with van der Waals surface area (Å²) in [5.41, 5.74) is 0.639. The molecular formula is C16H21N3O3. The molecule has 3 amide bonds. The number of piperazine rings is 1. The smallest absolute Gasteiger partial charge is 0.312 e. The second-order valence-corrected chi connectivity index (χ2v) is 5.58. The molecule has 0 aliphatic carbocycles. The molecule has 2 rings (SSSR count). The maximum Gasteiger partial charge on any atom is 0.312 e. The highest BCUT2D eigenvalue weighted by molar-refractivity contribution is 6.35. The van der Waals surface area contributed by atoms with Crippen molar-refractivity contribution in [3.05, 3.63) is 35.9 Å². The van der Waals surface area contributed by atoms with Crippen LogP contribution in [-0.4, -0.2) is 59.7 Å². The van der Waals surface area contributed by atoms with E-state index in [1.165, 1.54) is 4.90 Å². The molecular weight excluding hydrogens is 282 g/mol. The molecule has 6 heteroatoms. The second kappa shape index (κ2) is 7.06. The van der Waals surface area contributed by atoms with Gasteiger partial charge in [-0.2, -0.15) is 0 Å². The topological polar surface area (TPSA) is 69.7 Å². The van der Waals surface area contributed by atoms with Crippen molar-refractivity contribution in [1.82, 2.24) is 15.1 Å². The minimum Gasteiger partial charge on any atom is -0.346 e. The van der Waals surface area contributed by atoms with Gasteiger partial charge in [-0.15, -0.1) is 0 Å². The lowest BCUT2D eigenvalue weighted by molar-refractivity contribution is -0.147. The van der Waals surface area contributed by atoms with E-state index in [1.54, 1.807) is 17.0 Å². The molecule has 0 atom stereocenters. The van der Waals surface area contributed by atoms with Gasteiger partial charge in [0, 0.05) is 37.8 Å². The molecule has 0 unspecified atom stereocenters. The van der Waals surface area contributed by atoms with Crippen LogP contribution in [0.3, 0.4) is 0 Å². The van der Waals surface area contributed by atoms with Crippen LogP contribution in [0.25, 0.3) is 0 Å². The number of carbonyl (C=O) groups excluding carboxylic acids is 3. The van der Waals surface area contributed by atoms with E-state index in [4.69, 9.17) is 0 Å². The van der Waals surface area contributed by atoms with Crippen LogP contribution in [0.1, 0.15) is 24.2 Å². The van der Waals surface area contributed by atoms with Gasteiger partial charge in [0.25, 0.3) is 5.91 Å². The zero-order chi connectivity index (χ0) is 16.1. The number of nitrogens with zero attached hydrogens (tertiary/aromatic N) is 2. The number of nitrogens with one attached hydrogen (secondary N) is 1. The lowest BCUT2D eigenvalue weighted by Crippen LogP contribution is -2.54. The Kier molecular flexibility index (Phi) is 5.14. The average Bonchev–Trinajstić information content (AvgIpc) is 2.54. The van der Waals surface area contributed by atoms with Crippen LogP contribution in [0, 0.1) is 0 Å². The highest BCUT2D eigenvalue weighted by Gasteiger charge is 2.28. The third kappa shape index (κ3) is 3.84. The van der Waals surface area contributed by atoms with Gasteiger partial charge < -0.3 is 15.1 Å². The van der Waals surface area contributed by atoms with Crippen LogP contribution >= 0.6 is 0 Å². The highest BCUT2D eigenvalue weighted by atomic mass is 16.2. The molecule has 0 radical (unpaired) electrons. The molecule has 1 aliphatic heterocycles. The Morgan fingerprint density at radius 2 is 1.50 bits per heavy atom. The Balaban J connectivity index is 1.89. The maximum atomic E-state index is 12.3. The van der Waals surface area contributed by atoms with E-state index in [0.717, 1.165) is 0 Å². The van der Waals surface area contributed by atoms with Gasteiger partial charge >= 0.3 is 11.8 Å². The Hall–Kier alpha value is -2.37. The summed E-state index contributed by atoms with van der Waals surface area (Å²) in [5.74, 6) is -1.15. The molecule has 1 N–H and O–H groups in total. The van der Waals surface area contributed by atoms with Gasteiger partial charge in [-0.05, 0) is 26.0 Å². The first-order valence-electron chi connectivity index (χ1n) is 7.43. The first-order valence-corrected chi connectivity index (χ1v) is 7.43. The van der Waals surface area contributed by atoms with Gasteiger partial charge in [0.2, 0.25) is 0 Å². The predicted molar refractivity (Wildman–Crippen MR) is 82.2 cm³/mol. The quantitative estimate of drug-likeness (QED) is 0.809. The van der Waals surface area contributed by atoms with Crippen LogP contribution in [0.15, 0.2) is 30.3 Å². The number of hydrogen-bond acceptors (Lipinski definition) is 3.